The molecule has 0 saturated heterocycles. The number of hydrogen-bond acceptors (Lipinski definition) is 4. The molecule has 2 nitrogen and oxygen atoms in total. The van der Waals surface area contributed by atoms with Crippen LogP contribution in [-0.2, 0) is 0 Å². The second kappa shape index (κ2) is 7.85. The summed E-state index contributed by atoms with van der Waals surface area (Å²) < 4.78 is 0. The first-order chi connectivity index (χ1) is 6.88. The van der Waals surface area contributed by atoms with E-state index >= 15 is 0 Å². The number of nitrogens with one attached hydrogen (secondary N) is 2. The van der Waals surface area contributed by atoms with E-state index in [4.69, 9.17) is 0 Å². The number of rotatable bonds is 8. The van der Waals surface area contributed by atoms with E-state index in [-0.39, 0.29) is 0 Å². The zero-order valence-electron chi connectivity index (χ0n) is 8.71. The molecule has 84 valence electrons. The molecule has 1 saturated carbocycles. The summed E-state index contributed by atoms with van der Waals surface area (Å²) >= 11 is 8.36. The summed E-state index contributed by atoms with van der Waals surface area (Å²) in [5, 5.41) is 6.88. The second-order valence-corrected chi connectivity index (χ2v) is 4.85. The predicted molar refractivity (Wildman–Crippen MR) is 69.7 cm³/mol. The maximum atomic E-state index is 4.18. The van der Waals surface area contributed by atoms with Crippen LogP contribution in [0.3, 0.4) is 0 Å². The van der Waals surface area contributed by atoms with E-state index in [0.717, 1.165) is 36.4 Å². The summed E-state index contributed by atoms with van der Waals surface area (Å²) in [6.45, 7) is 4.42. The summed E-state index contributed by atoms with van der Waals surface area (Å²) in [4.78, 5) is 0. The van der Waals surface area contributed by atoms with Gasteiger partial charge >= 0.3 is 0 Å². The molecule has 0 aromatic rings. The molecule has 1 aliphatic rings. The van der Waals surface area contributed by atoms with Gasteiger partial charge in [0.1, 0.15) is 0 Å². The van der Waals surface area contributed by atoms with Gasteiger partial charge in [0.2, 0.25) is 0 Å². The predicted octanol–water partition coefficient (Wildman–Crippen LogP) is 1.05. The van der Waals surface area contributed by atoms with Crippen molar-refractivity contribution < 1.29 is 0 Å². The molecule has 2 N–H and O–H groups in total. The Balaban J connectivity index is 1.97. The van der Waals surface area contributed by atoms with Gasteiger partial charge < -0.3 is 10.6 Å². The second-order valence-electron chi connectivity index (χ2n) is 3.95. The normalized spacial score (nSPS) is 26.1. The molecule has 0 radical (unpaired) electrons. The topological polar surface area (TPSA) is 24.1 Å². The molecule has 0 heterocycles. The average Bonchev–Trinajstić information content (AvgIpc) is 2.17. The lowest BCUT2D eigenvalue weighted by atomic mass is 9.73. The standard InChI is InChI=1S/C10H22N2S2/c13-5-3-11-7-9-1-2-10(9)8-12-4-6-14/h9-14H,1-8H2. The van der Waals surface area contributed by atoms with Crippen molar-refractivity contribution in [3.63, 3.8) is 0 Å². The Bertz CT molecular complexity index is 128. The van der Waals surface area contributed by atoms with Crippen LogP contribution in [-0.4, -0.2) is 37.7 Å². The Morgan fingerprint density at radius 1 is 0.857 bits per heavy atom. The Morgan fingerprint density at radius 2 is 1.29 bits per heavy atom. The minimum Gasteiger partial charge on any atom is -0.316 e. The van der Waals surface area contributed by atoms with Crippen LogP contribution in [0, 0.1) is 11.8 Å². The van der Waals surface area contributed by atoms with Gasteiger partial charge in [-0.2, -0.15) is 25.3 Å². The van der Waals surface area contributed by atoms with Crippen LogP contribution >= 0.6 is 25.3 Å². The van der Waals surface area contributed by atoms with Crippen molar-refractivity contribution in [3.05, 3.63) is 0 Å². The lowest BCUT2D eigenvalue weighted by molar-refractivity contribution is 0.169. The van der Waals surface area contributed by atoms with Crippen LogP contribution < -0.4 is 10.6 Å². The van der Waals surface area contributed by atoms with Crippen molar-refractivity contribution in [2.45, 2.75) is 12.8 Å². The molecular weight excluding hydrogens is 212 g/mol. The van der Waals surface area contributed by atoms with Gasteiger partial charge in [-0.1, -0.05) is 0 Å². The van der Waals surface area contributed by atoms with Crippen molar-refractivity contribution in [3.8, 4) is 0 Å². The van der Waals surface area contributed by atoms with Gasteiger partial charge in [0.15, 0.2) is 0 Å². The lowest BCUT2D eigenvalue weighted by Crippen LogP contribution is -2.41. The smallest absolute Gasteiger partial charge is 0.00398 e. The molecule has 0 aromatic heterocycles. The summed E-state index contributed by atoms with van der Waals surface area (Å²) in [7, 11) is 0. The number of thiol groups is 2. The molecule has 0 bridgehead atoms. The average molecular weight is 234 g/mol. The van der Waals surface area contributed by atoms with E-state index in [1.165, 1.54) is 25.9 Å². The lowest BCUT2D eigenvalue weighted by Gasteiger charge is -2.37. The quantitative estimate of drug-likeness (QED) is 0.373. The van der Waals surface area contributed by atoms with E-state index in [2.05, 4.69) is 35.9 Å². The highest BCUT2D eigenvalue weighted by Gasteiger charge is 2.29. The van der Waals surface area contributed by atoms with Gasteiger partial charge in [-0.15, -0.1) is 0 Å². The molecule has 1 rings (SSSR count). The zero-order valence-corrected chi connectivity index (χ0v) is 10.5. The fourth-order valence-corrected chi connectivity index (χ4v) is 2.22. The molecule has 0 aromatic carbocycles. The van der Waals surface area contributed by atoms with Crippen LogP contribution in [0.2, 0.25) is 0 Å². The van der Waals surface area contributed by atoms with E-state index in [0.29, 0.717) is 0 Å². The van der Waals surface area contributed by atoms with E-state index < -0.39 is 0 Å². The Labute approximate surface area is 98.4 Å². The van der Waals surface area contributed by atoms with Gasteiger partial charge in [0.05, 0.1) is 0 Å². The van der Waals surface area contributed by atoms with Crippen LogP contribution in [0.25, 0.3) is 0 Å². The molecule has 0 aliphatic heterocycles. The van der Waals surface area contributed by atoms with E-state index in [9.17, 15) is 0 Å². The summed E-state index contributed by atoms with van der Waals surface area (Å²) in [5.74, 6) is 3.66. The van der Waals surface area contributed by atoms with E-state index in [1.807, 2.05) is 0 Å². The molecular formula is C10H22N2S2. The third-order valence-corrected chi connectivity index (χ3v) is 3.41. The van der Waals surface area contributed by atoms with Crippen molar-refractivity contribution in [2.75, 3.05) is 37.7 Å². The van der Waals surface area contributed by atoms with Crippen molar-refractivity contribution in [1.29, 1.82) is 0 Å². The molecule has 4 heteroatoms. The molecule has 2 atom stereocenters. The minimum absolute atomic E-state index is 0.891. The largest absolute Gasteiger partial charge is 0.316 e. The first-order valence-corrected chi connectivity index (χ1v) is 6.78. The fraction of sp³-hybridized carbons (Fsp3) is 1.00. The summed E-state index contributed by atoms with van der Waals surface area (Å²) in [6.07, 6.45) is 2.79. The van der Waals surface area contributed by atoms with Crippen molar-refractivity contribution in [2.24, 2.45) is 11.8 Å². The maximum absolute atomic E-state index is 4.18. The highest BCUT2D eigenvalue weighted by molar-refractivity contribution is 7.80. The van der Waals surface area contributed by atoms with Crippen molar-refractivity contribution in [1.82, 2.24) is 10.6 Å². The molecule has 1 fully saturated rings. The minimum atomic E-state index is 0.891. The van der Waals surface area contributed by atoms with Crippen LogP contribution in [0.15, 0.2) is 0 Å². The third kappa shape index (κ3) is 4.43. The van der Waals surface area contributed by atoms with Gasteiger partial charge in [-0.25, -0.2) is 0 Å². The highest BCUT2D eigenvalue weighted by atomic mass is 32.1. The SMILES string of the molecule is SCCNCC1CCC1CNCCS. The van der Waals surface area contributed by atoms with Gasteiger partial charge in [-0.05, 0) is 37.8 Å². The van der Waals surface area contributed by atoms with Gasteiger partial charge in [0, 0.05) is 24.6 Å². The molecule has 14 heavy (non-hydrogen) atoms. The molecule has 0 spiro atoms. The molecule has 2 unspecified atom stereocenters. The monoisotopic (exact) mass is 234 g/mol. The number of hydrogen-bond donors (Lipinski definition) is 4. The maximum Gasteiger partial charge on any atom is 0.00398 e. The molecule has 0 amide bonds. The van der Waals surface area contributed by atoms with Crippen LogP contribution in [0.1, 0.15) is 12.8 Å². The van der Waals surface area contributed by atoms with Gasteiger partial charge in [0.25, 0.3) is 0 Å². The Kier molecular flexibility index (Phi) is 7.12. The van der Waals surface area contributed by atoms with Crippen LogP contribution in [0.4, 0.5) is 0 Å². The fourth-order valence-electron chi connectivity index (χ4n) is 1.91. The highest BCUT2D eigenvalue weighted by Crippen LogP contribution is 2.32. The molecule has 1 aliphatic carbocycles. The first-order valence-electron chi connectivity index (χ1n) is 5.51. The Hall–Kier alpha value is 0.620. The summed E-state index contributed by atoms with van der Waals surface area (Å²) in [6, 6.07) is 0. The first kappa shape index (κ1) is 12.7. The van der Waals surface area contributed by atoms with Crippen molar-refractivity contribution >= 4 is 25.3 Å². The third-order valence-electron chi connectivity index (χ3n) is 2.97. The van der Waals surface area contributed by atoms with Gasteiger partial charge in [-0.3, -0.25) is 0 Å². The Morgan fingerprint density at radius 3 is 1.57 bits per heavy atom. The van der Waals surface area contributed by atoms with E-state index in [1.54, 1.807) is 0 Å². The summed E-state index contributed by atoms with van der Waals surface area (Å²) in [5.41, 5.74) is 0. The zero-order chi connectivity index (χ0) is 10.2. The van der Waals surface area contributed by atoms with Crippen LogP contribution in [0.5, 0.6) is 0 Å².